The largest absolute Gasteiger partial charge is 0.326 e. The Bertz CT molecular complexity index is 523. The lowest BCUT2D eigenvalue weighted by Gasteiger charge is -2.11. The van der Waals surface area contributed by atoms with Crippen LogP contribution < -0.4 is 5.73 Å². The highest BCUT2D eigenvalue weighted by Crippen LogP contribution is 2.26. The molecule has 0 unspecified atom stereocenters. The number of nitrogens with two attached hydrogens (primary N) is 1. The lowest BCUT2D eigenvalue weighted by molar-refractivity contribution is 1.03. The third kappa shape index (κ3) is 2.51. The van der Waals surface area contributed by atoms with Crippen LogP contribution in [0.3, 0.4) is 0 Å². The van der Waals surface area contributed by atoms with Crippen molar-refractivity contribution in [3.8, 4) is 11.1 Å². The van der Waals surface area contributed by atoms with Crippen LogP contribution in [0, 0.1) is 13.8 Å². The Kier molecular flexibility index (Phi) is 3.51. The van der Waals surface area contributed by atoms with E-state index >= 15 is 0 Å². The molecule has 17 heavy (non-hydrogen) atoms. The molecule has 88 valence electrons. The van der Waals surface area contributed by atoms with E-state index in [1.54, 1.807) is 0 Å². The average molecular weight is 246 g/mol. The lowest BCUT2D eigenvalue weighted by atomic mass is 9.96. The third-order valence-corrected chi connectivity index (χ3v) is 3.29. The molecule has 0 spiro atoms. The number of hydrogen-bond acceptors (Lipinski definition) is 1. The molecule has 2 aromatic carbocycles. The zero-order valence-corrected chi connectivity index (χ0v) is 10.9. The van der Waals surface area contributed by atoms with Crippen LogP contribution in [-0.4, -0.2) is 0 Å². The fraction of sp³-hybridized carbons (Fsp3) is 0.200. The van der Waals surface area contributed by atoms with Gasteiger partial charge in [-0.05, 0) is 53.8 Å². The second-order valence-electron chi connectivity index (χ2n) is 4.30. The fourth-order valence-corrected chi connectivity index (χ4v) is 2.34. The zero-order chi connectivity index (χ0) is 12.4. The minimum Gasteiger partial charge on any atom is -0.326 e. The molecule has 0 fully saturated rings. The van der Waals surface area contributed by atoms with Crippen molar-refractivity contribution in [1.29, 1.82) is 0 Å². The van der Waals surface area contributed by atoms with Crippen molar-refractivity contribution in [2.24, 2.45) is 5.73 Å². The standard InChI is InChI=1S/C15H16ClN/c1-10-6-13(7-11(2)15(10)9-17)12-4-3-5-14(16)8-12/h3-8H,9,17H2,1-2H3. The van der Waals surface area contributed by atoms with Crippen LogP contribution in [0.2, 0.25) is 5.02 Å². The second-order valence-corrected chi connectivity index (χ2v) is 4.74. The van der Waals surface area contributed by atoms with Crippen LogP contribution in [0.5, 0.6) is 0 Å². The Morgan fingerprint density at radius 1 is 1.00 bits per heavy atom. The quantitative estimate of drug-likeness (QED) is 0.848. The van der Waals surface area contributed by atoms with Gasteiger partial charge < -0.3 is 5.73 Å². The van der Waals surface area contributed by atoms with Gasteiger partial charge in [-0.3, -0.25) is 0 Å². The van der Waals surface area contributed by atoms with Gasteiger partial charge in [-0.15, -0.1) is 0 Å². The summed E-state index contributed by atoms with van der Waals surface area (Å²) >= 11 is 6.01. The maximum Gasteiger partial charge on any atom is 0.0412 e. The Morgan fingerprint density at radius 3 is 2.18 bits per heavy atom. The van der Waals surface area contributed by atoms with E-state index in [0.717, 1.165) is 10.6 Å². The first-order valence-corrected chi connectivity index (χ1v) is 6.05. The summed E-state index contributed by atoms with van der Waals surface area (Å²) in [5, 5.41) is 0.765. The summed E-state index contributed by atoms with van der Waals surface area (Å²) in [6, 6.07) is 12.3. The van der Waals surface area contributed by atoms with Gasteiger partial charge in [-0.2, -0.15) is 0 Å². The molecule has 0 amide bonds. The first-order valence-electron chi connectivity index (χ1n) is 5.68. The molecule has 0 saturated carbocycles. The normalized spacial score (nSPS) is 10.6. The van der Waals surface area contributed by atoms with E-state index < -0.39 is 0 Å². The van der Waals surface area contributed by atoms with Crippen molar-refractivity contribution in [2.75, 3.05) is 0 Å². The van der Waals surface area contributed by atoms with Gasteiger partial charge in [0.15, 0.2) is 0 Å². The highest BCUT2D eigenvalue weighted by atomic mass is 35.5. The maximum atomic E-state index is 6.01. The van der Waals surface area contributed by atoms with Gasteiger partial charge in [0.05, 0.1) is 0 Å². The first-order chi connectivity index (χ1) is 8.11. The first kappa shape index (κ1) is 12.2. The van der Waals surface area contributed by atoms with Gasteiger partial charge in [0.25, 0.3) is 0 Å². The number of rotatable bonds is 2. The van der Waals surface area contributed by atoms with E-state index in [-0.39, 0.29) is 0 Å². The van der Waals surface area contributed by atoms with Crippen LogP contribution in [-0.2, 0) is 6.54 Å². The summed E-state index contributed by atoms with van der Waals surface area (Å²) in [5.74, 6) is 0. The van der Waals surface area contributed by atoms with Gasteiger partial charge in [0, 0.05) is 11.6 Å². The van der Waals surface area contributed by atoms with Gasteiger partial charge in [0.2, 0.25) is 0 Å². The van der Waals surface area contributed by atoms with Gasteiger partial charge >= 0.3 is 0 Å². The smallest absolute Gasteiger partial charge is 0.0412 e. The van der Waals surface area contributed by atoms with Crippen molar-refractivity contribution < 1.29 is 0 Å². The fourth-order valence-electron chi connectivity index (χ4n) is 2.15. The van der Waals surface area contributed by atoms with Gasteiger partial charge in [0.1, 0.15) is 0 Å². The van der Waals surface area contributed by atoms with Crippen LogP contribution in [0.15, 0.2) is 36.4 Å². The number of aryl methyl sites for hydroxylation is 2. The Hall–Kier alpha value is -1.31. The number of benzene rings is 2. The monoisotopic (exact) mass is 245 g/mol. The van der Waals surface area contributed by atoms with Crippen molar-refractivity contribution in [3.63, 3.8) is 0 Å². The Morgan fingerprint density at radius 2 is 1.65 bits per heavy atom. The summed E-state index contributed by atoms with van der Waals surface area (Å²) in [4.78, 5) is 0. The molecule has 0 aliphatic heterocycles. The average Bonchev–Trinajstić information content (AvgIpc) is 2.28. The zero-order valence-electron chi connectivity index (χ0n) is 10.1. The molecule has 2 N–H and O–H groups in total. The summed E-state index contributed by atoms with van der Waals surface area (Å²) in [6.45, 7) is 4.79. The van der Waals surface area contributed by atoms with Crippen molar-refractivity contribution in [1.82, 2.24) is 0 Å². The van der Waals surface area contributed by atoms with E-state index in [4.69, 9.17) is 17.3 Å². The molecule has 0 aromatic heterocycles. The molecule has 0 bridgehead atoms. The van der Waals surface area contributed by atoms with Crippen LogP contribution >= 0.6 is 11.6 Å². The molecule has 0 saturated heterocycles. The SMILES string of the molecule is Cc1cc(-c2cccc(Cl)c2)cc(C)c1CN. The van der Waals surface area contributed by atoms with Gasteiger partial charge in [-0.1, -0.05) is 35.9 Å². The van der Waals surface area contributed by atoms with E-state index in [1.807, 2.05) is 18.2 Å². The van der Waals surface area contributed by atoms with E-state index in [1.165, 1.54) is 22.3 Å². The Labute approximate surface area is 107 Å². The molecule has 1 nitrogen and oxygen atoms in total. The lowest BCUT2D eigenvalue weighted by Crippen LogP contribution is -2.02. The topological polar surface area (TPSA) is 26.0 Å². The van der Waals surface area contributed by atoms with Gasteiger partial charge in [-0.25, -0.2) is 0 Å². The molecule has 0 radical (unpaired) electrons. The summed E-state index contributed by atoms with van der Waals surface area (Å²) in [5.41, 5.74) is 11.8. The van der Waals surface area contributed by atoms with Crippen LogP contribution in [0.1, 0.15) is 16.7 Å². The van der Waals surface area contributed by atoms with E-state index in [9.17, 15) is 0 Å². The summed E-state index contributed by atoms with van der Waals surface area (Å²) in [7, 11) is 0. The van der Waals surface area contributed by atoms with E-state index in [0.29, 0.717) is 6.54 Å². The second kappa shape index (κ2) is 4.91. The molecule has 2 rings (SSSR count). The van der Waals surface area contributed by atoms with Crippen molar-refractivity contribution >= 4 is 11.6 Å². The molecule has 0 heterocycles. The molecular formula is C15H16ClN. The van der Waals surface area contributed by atoms with Crippen molar-refractivity contribution in [2.45, 2.75) is 20.4 Å². The highest BCUT2D eigenvalue weighted by molar-refractivity contribution is 6.30. The molecular weight excluding hydrogens is 230 g/mol. The molecule has 2 heteroatoms. The predicted molar refractivity (Wildman–Crippen MR) is 74.3 cm³/mol. The molecule has 0 aliphatic rings. The minimum atomic E-state index is 0.591. The van der Waals surface area contributed by atoms with E-state index in [2.05, 4.69) is 32.0 Å². The van der Waals surface area contributed by atoms with Crippen molar-refractivity contribution in [3.05, 3.63) is 58.1 Å². The molecule has 0 aliphatic carbocycles. The summed E-state index contributed by atoms with van der Waals surface area (Å²) in [6.07, 6.45) is 0. The number of hydrogen-bond donors (Lipinski definition) is 1. The third-order valence-electron chi connectivity index (χ3n) is 3.06. The maximum absolute atomic E-state index is 6.01. The van der Waals surface area contributed by atoms with Crippen LogP contribution in [0.25, 0.3) is 11.1 Å². The summed E-state index contributed by atoms with van der Waals surface area (Å²) < 4.78 is 0. The number of halogens is 1. The predicted octanol–water partition coefficient (Wildman–Crippen LogP) is 4.08. The highest BCUT2D eigenvalue weighted by Gasteiger charge is 2.05. The molecule has 2 aromatic rings. The molecule has 0 atom stereocenters. The minimum absolute atomic E-state index is 0.591. The van der Waals surface area contributed by atoms with Crippen LogP contribution in [0.4, 0.5) is 0 Å². The Balaban J connectivity index is 2.54.